The third kappa shape index (κ3) is 9.24. The number of aromatic nitrogens is 1. The largest absolute Gasteiger partial charge is 0.476 e. The Bertz CT molecular complexity index is 581. The summed E-state index contributed by atoms with van der Waals surface area (Å²) in [4.78, 5) is 10.5. The number of hydrogen-bond acceptors (Lipinski definition) is 5. The Morgan fingerprint density at radius 3 is 2.64 bits per heavy atom. The molecule has 1 aliphatic rings. The minimum Gasteiger partial charge on any atom is -0.476 e. The highest BCUT2D eigenvalue weighted by molar-refractivity contribution is 14.0. The van der Waals surface area contributed by atoms with E-state index in [0.29, 0.717) is 19.0 Å². The number of aliphatic imine (C=N–C) groups is 1. The first-order valence-electron chi connectivity index (χ1n) is 8.97. The summed E-state index contributed by atoms with van der Waals surface area (Å²) in [5, 5.41) is 6.27. The van der Waals surface area contributed by atoms with Gasteiger partial charge in [-0.3, -0.25) is 9.89 Å². The fraction of sp³-hybridized carbons (Fsp3) is 0.647. The summed E-state index contributed by atoms with van der Waals surface area (Å²) >= 11 is 0. The highest BCUT2D eigenvalue weighted by Crippen LogP contribution is 2.29. The Balaban J connectivity index is 0.00000392. The molecule has 1 fully saturated rings. The number of hydrogen-bond donors (Lipinski definition) is 2. The molecule has 160 valence electrons. The molecule has 0 atom stereocenters. The third-order valence-corrected chi connectivity index (χ3v) is 3.84. The molecule has 0 aromatic carbocycles. The van der Waals surface area contributed by atoms with Crippen molar-refractivity contribution < 1.29 is 22.6 Å². The quantitative estimate of drug-likeness (QED) is 0.238. The zero-order chi connectivity index (χ0) is 19.5. The van der Waals surface area contributed by atoms with Gasteiger partial charge in [-0.05, 0) is 13.0 Å². The Hall–Kier alpha value is -1.34. The van der Waals surface area contributed by atoms with Crippen LogP contribution in [-0.4, -0.2) is 74.9 Å². The predicted octanol–water partition coefficient (Wildman–Crippen LogP) is 1.98. The monoisotopic (exact) mass is 517 g/mol. The van der Waals surface area contributed by atoms with E-state index in [1.807, 2.05) is 6.92 Å². The van der Waals surface area contributed by atoms with Crippen LogP contribution in [0.1, 0.15) is 12.5 Å². The Labute approximate surface area is 180 Å². The van der Waals surface area contributed by atoms with Crippen LogP contribution >= 0.6 is 24.0 Å². The molecule has 2 heterocycles. The molecule has 0 unspecified atom stereocenters. The second-order valence-corrected chi connectivity index (χ2v) is 5.87. The third-order valence-electron chi connectivity index (χ3n) is 3.84. The van der Waals surface area contributed by atoms with Crippen LogP contribution in [-0.2, 0) is 10.9 Å². The van der Waals surface area contributed by atoms with E-state index in [-0.39, 0.29) is 36.5 Å². The molecule has 0 aliphatic carbocycles. The maximum absolute atomic E-state index is 12.5. The van der Waals surface area contributed by atoms with E-state index in [4.69, 9.17) is 9.47 Å². The molecule has 1 aromatic heterocycles. The van der Waals surface area contributed by atoms with E-state index < -0.39 is 11.7 Å². The number of morpholine rings is 1. The van der Waals surface area contributed by atoms with Crippen LogP contribution in [0.5, 0.6) is 5.88 Å². The van der Waals surface area contributed by atoms with Crippen molar-refractivity contribution in [3.63, 3.8) is 0 Å². The van der Waals surface area contributed by atoms with Crippen LogP contribution in [0.3, 0.4) is 0 Å². The molecule has 0 spiro atoms. The minimum atomic E-state index is -4.40. The Kier molecular flexibility index (Phi) is 11.5. The van der Waals surface area contributed by atoms with Gasteiger partial charge in [-0.1, -0.05) is 0 Å². The number of alkyl halides is 3. The van der Waals surface area contributed by atoms with Crippen LogP contribution in [0.15, 0.2) is 23.3 Å². The average Bonchev–Trinajstić information content (AvgIpc) is 2.65. The van der Waals surface area contributed by atoms with Crippen molar-refractivity contribution in [1.29, 1.82) is 0 Å². The van der Waals surface area contributed by atoms with E-state index in [1.54, 1.807) is 0 Å². The van der Waals surface area contributed by atoms with Gasteiger partial charge >= 0.3 is 6.18 Å². The molecule has 0 radical (unpaired) electrons. The van der Waals surface area contributed by atoms with Crippen molar-refractivity contribution >= 4 is 29.9 Å². The zero-order valence-electron chi connectivity index (χ0n) is 15.8. The first kappa shape index (κ1) is 24.7. The second kappa shape index (κ2) is 13.0. The standard InChI is InChI=1S/C17H26F3N5O2.HI/c1-2-21-16(22-5-7-25-8-11-26-12-9-25)23-6-10-27-15-4-3-14(13-24-15)17(18,19)20;/h3-4,13H,2,5-12H2,1H3,(H2,21,22,23);1H. The first-order chi connectivity index (χ1) is 13.0. The Morgan fingerprint density at radius 2 is 2.04 bits per heavy atom. The van der Waals surface area contributed by atoms with Crippen LogP contribution in [0, 0.1) is 0 Å². The lowest BCUT2D eigenvalue weighted by molar-refractivity contribution is -0.137. The summed E-state index contributed by atoms with van der Waals surface area (Å²) in [6.07, 6.45) is -3.63. The SMILES string of the molecule is CCNC(=NCCN1CCOCC1)NCCOc1ccc(C(F)(F)F)cn1.I. The van der Waals surface area contributed by atoms with E-state index in [2.05, 4.69) is 25.5 Å². The molecular formula is C17H27F3IN5O2. The molecule has 0 saturated carbocycles. The van der Waals surface area contributed by atoms with Crippen molar-refractivity contribution in [2.45, 2.75) is 13.1 Å². The number of guanidine groups is 1. The van der Waals surface area contributed by atoms with Crippen molar-refractivity contribution in [1.82, 2.24) is 20.5 Å². The number of halogens is 4. The summed E-state index contributed by atoms with van der Waals surface area (Å²) < 4.78 is 48.1. The maximum atomic E-state index is 12.5. The fourth-order valence-corrected chi connectivity index (χ4v) is 2.43. The maximum Gasteiger partial charge on any atom is 0.417 e. The van der Waals surface area contributed by atoms with Gasteiger partial charge in [-0.25, -0.2) is 4.98 Å². The van der Waals surface area contributed by atoms with Crippen molar-refractivity contribution in [2.75, 3.05) is 59.1 Å². The number of ether oxygens (including phenoxy) is 2. The Morgan fingerprint density at radius 1 is 1.29 bits per heavy atom. The summed E-state index contributed by atoms with van der Waals surface area (Å²) in [7, 11) is 0. The number of nitrogens with zero attached hydrogens (tertiary/aromatic N) is 3. The highest BCUT2D eigenvalue weighted by Gasteiger charge is 2.30. The lowest BCUT2D eigenvalue weighted by atomic mass is 10.3. The smallest absolute Gasteiger partial charge is 0.417 e. The van der Waals surface area contributed by atoms with Gasteiger partial charge in [0.15, 0.2) is 5.96 Å². The predicted molar refractivity (Wildman–Crippen MR) is 111 cm³/mol. The van der Waals surface area contributed by atoms with Crippen LogP contribution in [0.25, 0.3) is 0 Å². The summed E-state index contributed by atoms with van der Waals surface area (Å²) in [5.74, 6) is 0.828. The number of nitrogens with one attached hydrogen (secondary N) is 2. The minimum absolute atomic E-state index is 0. The van der Waals surface area contributed by atoms with Gasteiger partial charge in [0.05, 0.1) is 31.9 Å². The van der Waals surface area contributed by atoms with Gasteiger partial charge in [0.25, 0.3) is 0 Å². The van der Waals surface area contributed by atoms with Crippen LogP contribution in [0.2, 0.25) is 0 Å². The van der Waals surface area contributed by atoms with Crippen molar-refractivity contribution in [3.8, 4) is 5.88 Å². The van der Waals surface area contributed by atoms with Crippen LogP contribution in [0.4, 0.5) is 13.2 Å². The lowest BCUT2D eigenvalue weighted by Crippen LogP contribution is -2.41. The number of pyridine rings is 1. The van der Waals surface area contributed by atoms with Crippen molar-refractivity contribution in [2.24, 2.45) is 4.99 Å². The molecule has 0 bridgehead atoms. The average molecular weight is 517 g/mol. The van der Waals surface area contributed by atoms with Gasteiger partial charge in [0.1, 0.15) is 6.61 Å². The van der Waals surface area contributed by atoms with E-state index in [1.165, 1.54) is 6.07 Å². The molecule has 11 heteroatoms. The fourth-order valence-electron chi connectivity index (χ4n) is 2.43. The normalized spacial score (nSPS) is 15.6. The zero-order valence-corrected chi connectivity index (χ0v) is 18.1. The lowest BCUT2D eigenvalue weighted by Gasteiger charge is -2.25. The van der Waals surface area contributed by atoms with Gasteiger partial charge in [0.2, 0.25) is 5.88 Å². The van der Waals surface area contributed by atoms with E-state index in [0.717, 1.165) is 51.7 Å². The molecular weight excluding hydrogens is 490 g/mol. The van der Waals surface area contributed by atoms with Crippen molar-refractivity contribution in [3.05, 3.63) is 23.9 Å². The molecule has 1 aromatic rings. The molecule has 7 nitrogen and oxygen atoms in total. The van der Waals surface area contributed by atoms with Gasteiger partial charge in [-0.2, -0.15) is 13.2 Å². The summed E-state index contributed by atoms with van der Waals surface area (Å²) in [6, 6.07) is 2.16. The topological polar surface area (TPSA) is 71.0 Å². The van der Waals surface area contributed by atoms with E-state index >= 15 is 0 Å². The van der Waals surface area contributed by atoms with Gasteiger partial charge in [-0.15, -0.1) is 24.0 Å². The molecule has 28 heavy (non-hydrogen) atoms. The molecule has 0 amide bonds. The van der Waals surface area contributed by atoms with Gasteiger partial charge in [0, 0.05) is 38.4 Å². The number of rotatable bonds is 8. The highest BCUT2D eigenvalue weighted by atomic mass is 127. The molecule has 2 N–H and O–H groups in total. The van der Waals surface area contributed by atoms with E-state index in [9.17, 15) is 13.2 Å². The molecule has 1 saturated heterocycles. The summed E-state index contributed by atoms with van der Waals surface area (Å²) in [5.41, 5.74) is -0.796. The first-order valence-corrected chi connectivity index (χ1v) is 8.97. The van der Waals surface area contributed by atoms with Crippen LogP contribution < -0.4 is 15.4 Å². The van der Waals surface area contributed by atoms with Gasteiger partial charge < -0.3 is 20.1 Å². The molecule has 2 rings (SSSR count). The second-order valence-electron chi connectivity index (χ2n) is 5.87. The summed E-state index contributed by atoms with van der Waals surface area (Å²) in [6.45, 7) is 8.31. The molecule has 1 aliphatic heterocycles.